The van der Waals surface area contributed by atoms with E-state index in [0.29, 0.717) is 0 Å². The molecular formula is C13H27S. The van der Waals surface area contributed by atoms with Crippen LogP contribution in [0.1, 0.15) is 71.6 Å². The number of hydrogen-bond donors (Lipinski definition) is 0. The highest BCUT2D eigenvalue weighted by Crippen LogP contribution is 2.12. The summed E-state index contributed by atoms with van der Waals surface area (Å²) in [6.07, 6.45) is 12.9. The van der Waals surface area contributed by atoms with E-state index in [1.54, 1.807) is 0 Å². The van der Waals surface area contributed by atoms with Crippen LogP contribution in [-0.4, -0.2) is 5.75 Å². The van der Waals surface area contributed by atoms with E-state index in [1.165, 1.54) is 63.5 Å². The Morgan fingerprint density at radius 1 is 0.786 bits per heavy atom. The molecule has 0 nitrogen and oxygen atoms in total. The second-order valence-electron chi connectivity index (χ2n) is 3.93. The van der Waals surface area contributed by atoms with Crippen molar-refractivity contribution in [2.75, 3.05) is 5.75 Å². The fraction of sp³-hybridized carbons (Fsp3) is 0.923. The van der Waals surface area contributed by atoms with E-state index in [-0.39, 0.29) is 0 Å². The predicted octanol–water partition coefficient (Wildman–Crippen LogP) is 5.43. The van der Waals surface area contributed by atoms with Crippen LogP contribution >= 0.6 is 11.8 Å². The monoisotopic (exact) mass is 215 g/mol. The zero-order valence-electron chi connectivity index (χ0n) is 10.1. The highest BCUT2D eigenvalue weighted by Gasteiger charge is 1.91. The van der Waals surface area contributed by atoms with Gasteiger partial charge in [-0.3, -0.25) is 0 Å². The molecule has 0 N–H and O–H groups in total. The van der Waals surface area contributed by atoms with E-state index in [1.807, 2.05) is 11.8 Å². The Morgan fingerprint density at radius 2 is 1.29 bits per heavy atom. The third kappa shape index (κ3) is 12.3. The van der Waals surface area contributed by atoms with Crippen molar-refractivity contribution in [3.05, 3.63) is 5.75 Å². The van der Waals surface area contributed by atoms with E-state index >= 15 is 0 Å². The normalized spacial score (nSPS) is 10.7. The highest BCUT2D eigenvalue weighted by atomic mass is 32.2. The summed E-state index contributed by atoms with van der Waals surface area (Å²) in [5.41, 5.74) is 0. The molecule has 0 atom stereocenters. The first-order valence-electron chi connectivity index (χ1n) is 6.31. The molecule has 0 aromatic carbocycles. The van der Waals surface area contributed by atoms with Crippen LogP contribution in [0.25, 0.3) is 0 Å². The molecule has 0 saturated heterocycles. The lowest BCUT2D eigenvalue weighted by molar-refractivity contribution is 0.573. The fourth-order valence-corrected chi connectivity index (χ4v) is 2.22. The van der Waals surface area contributed by atoms with E-state index < -0.39 is 0 Å². The molecule has 0 saturated carbocycles. The van der Waals surface area contributed by atoms with Crippen molar-refractivity contribution in [2.45, 2.75) is 71.6 Å². The first-order chi connectivity index (χ1) is 6.91. The van der Waals surface area contributed by atoms with Gasteiger partial charge in [-0.05, 0) is 12.2 Å². The van der Waals surface area contributed by atoms with Gasteiger partial charge in [-0.1, -0.05) is 65.2 Å². The van der Waals surface area contributed by atoms with Crippen LogP contribution < -0.4 is 0 Å². The molecule has 0 aromatic heterocycles. The van der Waals surface area contributed by atoms with Crippen molar-refractivity contribution in [1.29, 1.82) is 0 Å². The SMILES string of the molecule is C[CH]SCCCCCCCCCCC. The van der Waals surface area contributed by atoms with Crippen LogP contribution in [0.3, 0.4) is 0 Å². The minimum Gasteiger partial charge on any atom is -0.158 e. The summed E-state index contributed by atoms with van der Waals surface area (Å²) in [5.74, 6) is 3.52. The maximum atomic E-state index is 2.28. The van der Waals surface area contributed by atoms with Crippen LogP contribution in [0, 0.1) is 5.75 Å². The molecule has 14 heavy (non-hydrogen) atoms. The third-order valence-corrected chi connectivity index (χ3v) is 3.39. The van der Waals surface area contributed by atoms with Gasteiger partial charge in [0.25, 0.3) is 0 Å². The lowest BCUT2D eigenvalue weighted by Crippen LogP contribution is -1.82. The van der Waals surface area contributed by atoms with E-state index in [0.717, 1.165) is 0 Å². The van der Waals surface area contributed by atoms with Gasteiger partial charge in [-0.15, -0.1) is 0 Å². The smallest absolute Gasteiger partial charge is 0.0135 e. The predicted molar refractivity (Wildman–Crippen MR) is 69.7 cm³/mol. The third-order valence-electron chi connectivity index (χ3n) is 2.53. The van der Waals surface area contributed by atoms with Gasteiger partial charge in [0.2, 0.25) is 0 Å². The largest absolute Gasteiger partial charge is 0.158 e. The first-order valence-corrected chi connectivity index (χ1v) is 7.36. The van der Waals surface area contributed by atoms with Crippen molar-refractivity contribution in [3.63, 3.8) is 0 Å². The molecule has 0 heterocycles. The average molecular weight is 215 g/mol. The quantitative estimate of drug-likeness (QED) is 0.414. The summed E-state index contributed by atoms with van der Waals surface area (Å²) >= 11 is 1.96. The lowest BCUT2D eigenvalue weighted by atomic mass is 10.1. The van der Waals surface area contributed by atoms with Crippen molar-refractivity contribution in [1.82, 2.24) is 0 Å². The molecule has 0 spiro atoms. The zero-order chi connectivity index (χ0) is 10.5. The summed E-state index contributed by atoms with van der Waals surface area (Å²) in [5, 5.41) is 0. The summed E-state index contributed by atoms with van der Waals surface area (Å²) in [7, 11) is 0. The van der Waals surface area contributed by atoms with Gasteiger partial charge in [-0.2, -0.15) is 11.8 Å². The Morgan fingerprint density at radius 3 is 1.79 bits per heavy atom. The summed E-state index contributed by atoms with van der Waals surface area (Å²) in [4.78, 5) is 0. The molecule has 0 fully saturated rings. The molecule has 85 valence electrons. The molecular weight excluding hydrogens is 188 g/mol. The van der Waals surface area contributed by atoms with Gasteiger partial charge in [0.05, 0.1) is 0 Å². The van der Waals surface area contributed by atoms with Gasteiger partial charge >= 0.3 is 0 Å². The molecule has 0 aliphatic rings. The number of unbranched alkanes of at least 4 members (excludes halogenated alkanes) is 8. The molecule has 0 bridgehead atoms. The van der Waals surface area contributed by atoms with Crippen LogP contribution in [0.5, 0.6) is 0 Å². The van der Waals surface area contributed by atoms with Crippen LogP contribution in [0.15, 0.2) is 0 Å². The maximum Gasteiger partial charge on any atom is 0.0135 e. The van der Waals surface area contributed by atoms with Gasteiger partial charge in [0, 0.05) is 5.75 Å². The standard InChI is InChI=1S/C13H27S/c1-3-5-6-7-8-9-10-11-12-13-14-4-2/h4H,3,5-13H2,1-2H3. The fourth-order valence-electron chi connectivity index (χ4n) is 1.61. The second kappa shape index (κ2) is 13.4. The first kappa shape index (κ1) is 14.3. The Labute approximate surface area is 95.2 Å². The number of rotatable bonds is 11. The van der Waals surface area contributed by atoms with Crippen molar-refractivity contribution >= 4 is 11.8 Å². The van der Waals surface area contributed by atoms with E-state index in [4.69, 9.17) is 0 Å². The van der Waals surface area contributed by atoms with Crippen molar-refractivity contribution < 1.29 is 0 Å². The second-order valence-corrected chi connectivity index (χ2v) is 5.15. The number of hydrogen-bond acceptors (Lipinski definition) is 1. The molecule has 0 rings (SSSR count). The van der Waals surface area contributed by atoms with E-state index in [2.05, 4.69) is 19.6 Å². The Bertz CT molecular complexity index is 79.2. The molecule has 0 aromatic rings. The van der Waals surface area contributed by atoms with Gasteiger partial charge in [-0.25, -0.2) is 0 Å². The lowest BCUT2D eigenvalue weighted by Gasteiger charge is -2.01. The average Bonchev–Trinajstić information content (AvgIpc) is 2.21. The Hall–Kier alpha value is 0.350. The Balaban J connectivity index is 2.78. The highest BCUT2D eigenvalue weighted by molar-refractivity contribution is 8.01. The minimum atomic E-state index is 1.33. The topological polar surface area (TPSA) is 0 Å². The molecule has 0 aliphatic carbocycles. The summed E-state index contributed by atoms with van der Waals surface area (Å²) in [6.45, 7) is 4.40. The van der Waals surface area contributed by atoms with Gasteiger partial charge in [0.1, 0.15) is 0 Å². The zero-order valence-corrected chi connectivity index (χ0v) is 10.9. The molecule has 0 aliphatic heterocycles. The molecule has 1 heteroatoms. The summed E-state index contributed by atoms with van der Waals surface area (Å²) in [6, 6.07) is 0. The molecule has 0 unspecified atom stereocenters. The summed E-state index contributed by atoms with van der Waals surface area (Å²) < 4.78 is 0. The Kier molecular flexibility index (Phi) is 13.7. The number of thioether (sulfide) groups is 1. The van der Waals surface area contributed by atoms with Crippen LogP contribution in [-0.2, 0) is 0 Å². The van der Waals surface area contributed by atoms with Crippen molar-refractivity contribution in [2.24, 2.45) is 0 Å². The van der Waals surface area contributed by atoms with E-state index in [9.17, 15) is 0 Å². The van der Waals surface area contributed by atoms with Gasteiger partial charge < -0.3 is 0 Å². The van der Waals surface area contributed by atoms with Crippen LogP contribution in [0.2, 0.25) is 0 Å². The van der Waals surface area contributed by atoms with Crippen molar-refractivity contribution in [3.8, 4) is 0 Å². The maximum absolute atomic E-state index is 2.28. The minimum absolute atomic E-state index is 1.33. The van der Waals surface area contributed by atoms with Gasteiger partial charge in [0.15, 0.2) is 0 Å². The molecule has 0 amide bonds. The van der Waals surface area contributed by atoms with Crippen LogP contribution in [0.4, 0.5) is 0 Å². The molecule has 1 radical (unpaired) electrons.